The van der Waals surface area contributed by atoms with Crippen LogP contribution in [0, 0.1) is 11.6 Å². The van der Waals surface area contributed by atoms with Gasteiger partial charge in [-0.25, -0.2) is 8.78 Å². The molecule has 0 aliphatic heterocycles. The summed E-state index contributed by atoms with van der Waals surface area (Å²) in [4.78, 5) is 0. The summed E-state index contributed by atoms with van der Waals surface area (Å²) >= 11 is 0. The maximum absolute atomic E-state index is 11.9. The first-order chi connectivity index (χ1) is 3.79. The van der Waals surface area contributed by atoms with Gasteiger partial charge in [0.15, 0.2) is 0 Å². The van der Waals surface area contributed by atoms with Gasteiger partial charge in [0.2, 0.25) is 0 Å². The molecule has 0 aliphatic rings. The summed E-state index contributed by atoms with van der Waals surface area (Å²) in [6, 6.07) is 4.31. The average Bonchev–Trinajstić information content (AvgIpc) is 1.77. The van der Waals surface area contributed by atoms with Crippen molar-refractivity contribution in [3.05, 3.63) is 35.9 Å². The molecule has 0 atom stereocenters. The van der Waals surface area contributed by atoms with E-state index in [0.717, 1.165) is 24.3 Å². The van der Waals surface area contributed by atoms with Crippen LogP contribution in [0.25, 0.3) is 0 Å². The first-order valence-electron chi connectivity index (χ1n) is 2.20. The van der Waals surface area contributed by atoms with Crippen molar-refractivity contribution in [2.75, 3.05) is 0 Å². The molecule has 3 heteroatoms. The summed E-state index contributed by atoms with van der Waals surface area (Å²) in [5.41, 5.74) is 0. The molecular formula is C6H4BF2. The number of rotatable bonds is 0. The first kappa shape index (κ1) is 8.14. The lowest BCUT2D eigenvalue weighted by molar-refractivity contribution is 0.600. The Hall–Kier alpha value is -0.855. The predicted molar refractivity (Wildman–Crippen MR) is 32.1 cm³/mol. The first-order valence-corrected chi connectivity index (χ1v) is 2.20. The highest BCUT2D eigenvalue weighted by Crippen LogP contribution is 1.98. The fourth-order valence-corrected chi connectivity index (χ4v) is 0.430. The van der Waals surface area contributed by atoms with Crippen LogP contribution < -0.4 is 0 Å². The van der Waals surface area contributed by atoms with Crippen LogP contribution in [0.2, 0.25) is 0 Å². The Morgan fingerprint density at radius 2 is 1.00 bits per heavy atom. The van der Waals surface area contributed by atoms with Crippen molar-refractivity contribution < 1.29 is 8.78 Å². The van der Waals surface area contributed by atoms with Crippen molar-refractivity contribution in [1.82, 2.24) is 0 Å². The molecule has 0 bridgehead atoms. The Kier molecular flexibility index (Phi) is 2.92. The SMILES string of the molecule is Fc1ccc(F)cc1.[B]. The molecule has 0 unspecified atom stereocenters. The average molecular weight is 125 g/mol. The van der Waals surface area contributed by atoms with E-state index in [1.54, 1.807) is 0 Å². The Morgan fingerprint density at radius 3 is 1.22 bits per heavy atom. The van der Waals surface area contributed by atoms with E-state index < -0.39 is 11.6 Å². The molecule has 0 N–H and O–H groups in total. The lowest BCUT2D eigenvalue weighted by Gasteiger charge is -1.83. The molecule has 0 saturated heterocycles. The Labute approximate surface area is 54.1 Å². The molecule has 45 valence electrons. The van der Waals surface area contributed by atoms with Crippen molar-refractivity contribution >= 4 is 8.41 Å². The fourth-order valence-electron chi connectivity index (χ4n) is 0.430. The largest absolute Gasteiger partial charge is 0.207 e. The third kappa shape index (κ3) is 2.26. The topological polar surface area (TPSA) is 0 Å². The predicted octanol–water partition coefficient (Wildman–Crippen LogP) is 1.58. The van der Waals surface area contributed by atoms with Gasteiger partial charge in [0.1, 0.15) is 11.6 Å². The van der Waals surface area contributed by atoms with Crippen LogP contribution in [-0.4, -0.2) is 8.41 Å². The summed E-state index contributed by atoms with van der Waals surface area (Å²) in [5.74, 6) is -0.821. The molecule has 1 aromatic carbocycles. The molecule has 0 saturated carbocycles. The zero-order valence-electron chi connectivity index (χ0n) is 4.64. The summed E-state index contributed by atoms with van der Waals surface area (Å²) in [7, 11) is 0. The maximum Gasteiger partial charge on any atom is 0.123 e. The summed E-state index contributed by atoms with van der Waals surface area (Å²) in [6.07, 6.45) is 0. The Morgan fingerprint density at radius 1 is 0.778 bits per heavy atom. The van der Waals surface area contributed by atoms with Gasteiger partial charge in [-0.15, -0.1) is 0 Å². The van der Waals surface area contributed by atoms with Crippen LogP contribution in [0.15, 0.2) is 24.3 Å². The van der Waals surface area contributed by atoms with Gasteiger partial charge in [-0.05, 0) is 24.3 Å². The monoisotopic (exact) mass is 125 g/mol. The van der Waals surface area contributed by atoms with E-state index >= 15 is 0 Å². The summed E-state index contributed by atoms with van der Waals surface area (Å²) in [6.45, 7) is 0. The zero-order valence-corrected chi connectivity index (χ0v) is 4.64. The van der Waals surface area contributed by atoms with Gasteiger partial charge in [0, 0.05) is 8.41 Å². The molecular weight excluding hydrogens is 121 g/mol. The van der Waals surface area contributed by atoms with E-state index in [1.807, 2.05) is 0 Å². The number of hydrogen-bond donors (Lipinski definition) is 0. The van der Waals surface area contributed by atoms with Crippen LogP contribution in [-0.2, 0) is 0 Å². The highest BCUT2D eigenvalue weighted by Gasteiger charge is 1.86. The Balaban J connectivity index is 0.000000640. The van der Waals surface area contributed by atoms with Crippen molar-refractivity contribution in [2.45, 2.75) is 0 Å². The highest BCUT2D eigenvalue weighted by atomic mass is 19.1. The molecule has 0 nitrogen and oxygen atoms in total. The van der Waals surface area contributed by atoms with Gasteiger partial charge in [-0.2, -0.15) is 0 Å². The van der Waals surface area contributed by atoms with Gasteiger partial charge >= 0.3 is 0 Å². The number of hydrogen-bond acceptors (Lipinski definition) is 0. The van der Waals surface area contributed by atoms with E-state index in [2.05, 4.69) is 0 Å². The third-order valence-electron chi connectivity index (χ3n) is 0.804. The van der Waals surface area contributed by atoms with Crippen LogP contribution >= 0.6 is 0 Å². The minimum absolute atomic E-state index is 0. The molecule has 0 aliphatic carbocycles. The van der Waals surface area contributed by atoms with Crippen molar-refractivity contribution in [1.29, 1.82) is 0 Å². The van der Waals surface area contributed by atoms with Crippen molar-refractivity contribution in [2.24, 2.45) is 0 Å². The van der Waals surface area contributed by atoms with Crippen LogP contribution in [0.1, 0.15) is 0 Å². The van der Waals surface area contributed by atoms with E-state index in [4.69, 9.17) is 0 Å². The molecule has 1 aromatic rings. The zero-order chi connectivity index (χ0) is 5.98. The molecule has 0 fully saturated rings. The van der Waals surface area contributed by atoms with Crippen molar-refractivity contribution in [3.63, 3.8) is 0 Å². The minimum Gasteiger partial charge on any atom is -0.207 e. The smallest absolute Gasteiger partial charge is 0.123 e. The minimum atomic E-state index is -0.411. The van der Waals surface area contributed by atoms with Crippen LogP contribution in [0.4, 0.5) is 8.78 Å². The maximum atomic E-state index is 11.9. The van der Waals surface area contributed by atoms with Crippen molar-refractivity contribution in [3.8, 4) is 0 Å². The number of halogens is 2. The molecule has 9 heavy (non-hydrogen) atoms. The lowest BCUT2D eigenvalue weighted by Crippen LogP contribution is -1.72. The second kappa shape index (κ2) is 3.23. The van der Waals surface area contributed by atoms with Gasteiger partial charge in [-0.1, -0.05) is 0 Å². The van der Waals surface area contributed by atoms with Gasteiger partial charge in [0.05, 0.1) is 0 Å². The van der Waals surface area contributed by atoms with E-state index in [0.29, 0.717) is 0 Å². The summed E-state index contributed by atoms with van der Waals surface area (Å²) < 4.78 is 23.8. The van der Waals surface area contributed by atoms with Crippen LogP contribution in [0.3, 0.4) is 0 Å². The second-order valence-electron chi connectivity index (χ2n) is 1.44. The highest BCUT2D eigenvalue weighted by molar-refractivity contribution is 5.75. The Bertz CT molecular complexity index is 150. The van der Waals surface area contributed by atoms with Gasteiger partial charge in [0.25, 0.3) is 0 Å². The molecule has 1 rings (SSSR count). The lowest BCUT2D eigenvalue weighted by atomic mass is 10.3. The van der Waals surface area contributed by atoms with E-state index in [1.165, 1.54) is 0 Å². The normalized spacial score (nSPS) is 8.22. The third-order valence-corrected chi connectivity index (χ3v) is 0.804. The molecule has 3 radical (unpaired) electrons. The van der Waals surface area contributed by atoms with Gasteiger partial charge in [-0.3, -0.25) is 0 Å². The van der Waals surface area contributed by atoms with Gasteiger partial charge < -0.3 is 0 Å². The second-order valence-corrected chi connectivity index (χ2v) is 1.44. The summed E-state index contributed by atoms with van der Waals surface area (Å²) in [5, 5.41) is 0. The quantitative estimate of drug-likeness (QED) is 0.461. The molecule has 0 spiro atoms. The van der Waals surface area contributed by atoms with E-state index in [9.17, 15) is 8.78 Å². The molecule has 0 aromatic heterocycles. The van der Waals surface area contributed by atoms with E-state index in [-0.39, 0.29) is 8.41 Å². The molecule has 0 amide bonds. The standard InChI is InChI=1S/C6H4F2.B/c7-5-1-2-6(8)4-3-5;/h1-4H;. The fraction of sp³-hybridized carbons (Fsp3) is 0. The number of benzene rings is 1. The van der Waals surface area contributed by atoms with Crippen LogP contribution in [0.5, 0.6) is 0 Å². The molecule has 0 heterocycles.